The van der Waals surface area contributed by atoms with Crippen molar-refractivity contribution in [1.29, 1.82) is 0 Å². The summed E-state index contributed by atoms with van der Waals surface area (Å²) in [5.41, 5.74) is 15.2. The van der Waals surface area contributed by atoms with Crippen LogP contribution in [0.4, 0.5) is 5.82 Å². The average Bonchev–Trinajstić information content (AvgIpc) is 3.22. The lowest BCUT2D eigenvalue weighted by molar-refractivity contribution is 0.282. The Morgan fingerprint density at radius 3 is 2.63 bits per heavy atom. The van der Waals surface area contributed by atoms with Gasteiger partial charge in [-0.25, -0.2) is 15.0 Å². The van der Waals surface area contributed by atoms with Crippen LogP contribution in [0, 0.1) is 6.92 Å². The van der Waals surface area contributed by atoms with Crippen LogP contribution in [0.3, 0.4) is 0 Å². The van der Waals surface area contributed by atoms with E-state index in [1.165, 1.54) is 17.5 Å². The number of hydrogen-bond donors (Lipinski definition) is 1. The Bertz CT molecular complexity index is 1650. The van der Waals surface area contributed by atoms with Crippen LogP contribution in [0.5, 0.6) is 11.6 Å². The second kappa shape index (κ2) is 9.76. The number of nitrogen functional groups attached to an aromatic ring is 1. The quantitative estimate of drug-likeness (QED) is 0.290. The van der Waals surface area contributed by atoms with E-state index >= 15 is 0 Å². The standard InChI is InChI=1S/C31H30N6O/c1-4-15-37-16-14-22-17-23(8-9-24(22)18-37)29-27(28-30(32)33-19-34-31(28)36(29)3)21-10-12-25(13-11-21)38-26-7-5-6-20(2)35-26/h4-13,17,19H,1,14-16,18H2,2-3H3,(H2,32,33,34). The van der Waals surface area contributed by atoms with Crippen molar-refractivity contribution in [3.8, 4) is 34.0 Å². The van der Waals surface area contributed by atoms with Crippen molar-refractivity contribution in [2.45, 2.75) is 19.9 Å². The largest absolute Gasteiger partial charge is 0.439 e. The summed E-state index contributed by atoms with van der Waals surface area (Å²) in [6.45, 7) is 8.72. The van der Waals surface area contributed by atoms with E-state index < -0.39 is 0 Å². The first-order valence-corrected chi connectivity index (χ1v) is 12.8. The highest BCUT2D eigenvalue weighted by Crippen LogP contribution is 2.42. The molecule has 0 amide bonds. The van der Waals surface area contributed by atoms with Gasteiger partial charge in [0, 0.05) is 44.0 Å². The summed E-state index contributed by atoms with van der Waals surface area (Å²) in [7, 11) is 2.04. The Labute approximate surface area is 222 Å². The lowest BCUT2D eigenvalue weighted by atomic mass is 9.93. The van der Waals surface area contributed by atoms with Crippen LogP contribution in [0.2, 0.25) is 0 Å². The van der Waals surface area contributed by atoms with Crippen LogP contribution >= 0.6 is 0 Å². The minimum absolute atomic E-state index is 0.467. The van der Waals surface area contributed by atoms with E-state index in [9.17, 15) is 0 Å². The molecule has 0 atom stereocenters. The molecule has 1 aliphatic rings. The molecule has 3 aromatic heterocycles. The van der Waals surface area contributed by atoms with E-state index in [4.69, 9.17) is 10.5 Å². The molecule has 0 saturated heterocycles. The molecule has 4 heterocycles. The molecule has 0 unspecified atom stereocenters. The third-order valence-corrected chi connectivity index (χ3v) is 7.18. The third-order valence-electron chi connectivity index (χ3n) is 7.18. The average molecular weight is 503 g/mol. The molecule has 0 fully saturated rings. The van der Waals surface area contributed by atoms with Crippen LogP contribution in [0.25, 0.3) is 33.4 Å². The predicted molar refractivity (Wildman–Crippen MR) is 152 cm³/mol. The molecule has 5 aromatic rings. The maximum atomic E-state index is 6.44. The van der Waals surface area contributed by atoms with E-state index in [0.717, 1.165) is 70.9 Å². The van der Waals surface area contributed by atoms with E-state index in [-0.39, 0.29) is 0 Å². The van der Waals surface area contributed by atoms with E-state index in [1.54, 1.807) is 0 Å². The maximum absolute atomic E-state index is 6.44. The van der Waals surface area contributed by atoms with Crippen LogP contribution in [0.1, 0.15) is 16.8 Å². The molecule has 0 radical (unpaired) electrons. The summed E-state index contributed by atoms with van der Waals surface area (Å²) in [5.74, 6) is 1.76. The Morgan fingerprint density at radius 1 is 1.03 bits per heavy atom. The lowest BCUT2D eigenvalue weighted by Crippen LogP contribution is -2.30. The molecule has 0 spiro atoms. The van der Waals surface area contributed by atoms with E-state index in [0.29, 0.717) is 11.7 Å². The zero-order valence-electron chi connectivity index (χ0n) is 21.7. The highest BCUT2D eigenvalue weighted by atomic mass is 16.5. The van der Waals surface area contributed by atoms with Gasteiger partial charge in [-0.3, -0.25) is 4.90 Å². The highest BCUT2D eigenvalue weighted by molar-refractivity contribution is 6.07. The van der Waals surface area contributed by atoms with Gasteiger partial charge in [0.25, 0.3) is 0 Å². The fourth-order valence-corrected chi connectivity index (χ4v) is 5.38. The summed E-state index contributed by atoms with van der Waals surface area (Å²) in [5, 5.41) is 0.855. The molecular weight excluding hydrogens is 472 g/mol. The zero-order chi connectivity index (χ0) is 26.2. The SMILES string of the molecule is C=CCN1CCc2cc(-c3c(-c4ccc(Oc5cccc(C)n5)cc4)c4c(N)ncnc4n3C)ccc2C1. The van der Waals surface area contributed by atoms with Crippen molar-refractivity contribution in [3.05, 3.63) is 96.5 Å². The van der Waals surface area contributed by atoms with E-state index in [2.05, 4.69) is 61.3 Å². The molecule has 2 aromatic carbocycles. The molecule has 0 bridgehead atoms. The fraction of sp³-hybridized carbons (Fsp3) is 0.194. The van der Waals surface area contributed by atoms with Gasteiger partial charge in [-0.05, 0) is 59.9 Å². The fourth-order valence-electron chi connectivity index (χ4n) is 5.38. The summed E-state index contributed by atoms with van der Waals surface area (Å²) < 4.78 is 8.12. The number of nitrogens with two attached hydrogens (primary N) is 1. The smallest absolute Gasteiger partial charge is 0.219 e. The summed E-state index contributed by atoms with van der Waals surface area (Å²) >= 11 is 0. The highest BCUT2D eigenvalue weighted by Gasteiger charge is 2.23. The molecule has 7 heteroatoms. The normalized spacial score (nSPS) is 13.4. The molecule has 7 nitrogen and oxygen atoms in total. The molecule has 6 rings (SSSR count). The number of anilines is 1. The van der Waals surface area contributed by atoms with E-state index in [1.807, 2.05) is 50.4 Å². The second-order valence-electron chi connectivity index (χ2n) is 9.74. The minimum Gasteiger partial charge on any atom is -0.439 e. The van der Waals surface area contributed by atoms with Gasteiger partial charge in [-0.15, -0.1) is 6.58 Å². The molecule has 0 saturated carbocycles. The summed E-state index contributed by atoms with van der Waals surface area (Å²) in [6, 6.07) is 20.6. The molecule has 0 aliphatic carbocycles. The first-order chi connectivity index (χ1) is 18.5. The first kappa shape index (κ1) is 23.9. The topological polar surface area (TPSA) is 82.1 Å². The van der Waals surface area contributed by atoms with Gasteiger partial charge in [0.1, 0.15) is 23.5 Å². The molecule has 1 aliphatic heterocycles. The zero-order valence-corrected chi connectivity index (χ0v) is 21.7. The van der Waals surface area contributed by atoms with Gasteiger partial charge in [0.2, 0.25) is 5.88 Å². The lowest BCUT2D eigenvalue weighted by Gasteiger charge is -2.28. The number of fused-ring (bicyclic) bond motifs is 2. The van der Waals surface area contributed by atoms with Crippen molar-refractivity contribution in [2.75, 3.05) is 18.8 Å². The number of ether oxygens (including phenoxy) is 1. The first-order valence-electron chi connectivity index (χ1n) is 12.8. The summed E-state index contributed by atoms with van der Waals surface area (Å²) in [6.07, 6.45) is 4.51. The Balaban J connectivity index is 1.44. The van der Waals surface area contributed by atoms with Gasteiger partial charge in [0.15, 0.2) is 0 Å². The Hall–Kier alpha value is -4.49. The molecule has 38 heavy (non-hydrogen) atoms. The van der Waals surface area contributed by atoms with Gasteiger partial charge in [-0.1, -0.05) is 36.4 Å². The van der Waals surface area contributed by atoms with Crippen LogP contribution in [0.15, 0.2) is 79.6 Å². The monoisotopic (exact) mass is 502 g/mol. The van der Waals surface area contributed by atoms with Crippen molar-refractivity contribution < 1.29 is 4.74 Å². The number of aromatic nitrogens is 4. The van der Waals surface area contributed by atoms with Gasteiger partial charge in [0.05, 0.1) is 11.1 Å². The number of hydrogen-bond acceptors (Lipinski definition) is 6. The van der Waals surface area contributed by atoms with Crippen LogP contribution in [-0.2, 0) is 20.0 Å². The number of aryl methyl sites for hydroxylation is 2. The van der Waals surface area contributed by atoms with Crippen molar-refractivity contribution in [3.63, 3.8) is 0 Å². The van der Waals surface area contributed by atoms with Crippen molar-refractivity contribution >= 4 is 16.9 Å². The second-order valence-corrected chi connectivity index (χ2v) is 9.74. The molecular formula is C31H30N6O. The number of rotatable bonds is 6. The van der Waals surface area contributed by atoms with Gasteiger partial charge in [-0.2, -0.15) is 0 Å². The third kappa shape index (κ3) is 4.31. The predicted octanol–water partition coefficient (Wildman–Crippen LogP) is 5.92. The van der Waals surface area contributed by atoms with Crippen LogP contribution < -0.4 is 10.5 Å². The number of pyridine rings is 1. The Kier molecular flexibility index (Phi) is 6.13. The Morgan fingerprint density at radius 2 is 1.84 bits per heavy atom. The van der Waals surface area contributed by atoms with Crippen molar-refractivity contribution in [2.24, 2.45) is 7.05 Å². The molecule has 2 N–H and O–H groups in total. The molecule has 190 valence electrons. The minimum atomic E-state index is 0.467. The number of benzene rings is 2. The maximum Gasteiger partial charge on any atom is 0.219 e. The number of nitrogens with zero attached hydrogens (tertiary/aromatic N) is 5. The summed E-state index contributed by atoms with van der Waals surface area (Å²) in [4.78, 5) is 15.8. The van der Waals surface area contributed by atoms with Gasteiger partial charge < -0.3 is 15.0 Å². The van der Waals surface area contributed by atoms with Gasteiger partial charge >= 0.3 is 0 Å². The van der Waals surface area contributed by atoms with Crippen molar-refractivity contribution in [1.82, 2.24) is 24.4 Å². The van der Waals surface area contributed by atoms with Crippen LogP contribution in [-0.4, -0.2) is 37.5 Å².